The van der Waals surface area contributed by atoms with E-state index in [-0.39, 0.29) is 18.1 Å². The van der Waals surface area contributed by atoms with Crippen LogP contribution in [0.4, 0.5) is 0 Å². The van der Waals surface area contributed by atoms with Crippen LogP contribution in [-0.4, -0.2) is 50.8 Å². The quantitative estimate of drug-likeness (QED) is 0.436. The van der Waals surface area contributed by atoms with Crippen molar-refractivity contribution < 1.29 is 14.3 Å². The average Bonchev–Trinajstić information content (AvgIpc) is 2.59. The van der Waals surface area contributed by atoms with Crippen LogP contribution in [0.3, 0.4) is 0 Å². The molecule has 0 aliphatic heterocycles. The number of para-hydroxylation sites is 2. The van der Waals surface area contributed by atoms with Gasteiger partial charge in [-0.2, -0.15) is 0 Å². The van der Waals surface area contributed by atoms with E-state index in [1.807, 2.05) is 52.0 Å². The number of hydrogen-bond donors (Lipinski definition) is 3. The molecule has 0 spiro atoms. The van der Waals surface area contributed by atoms with Gasteiger partial charge in [-0.05, 0) is 39.8 Å². The highest BCUT2D eigenvalue weighted by atomic mass is 16.5. The fraction of sp³-hybridized carbons (Fsp3) is 0.579. The number of hydrogen-bond acceptors (Lipinski definition) is 4. The summed E-state index contributed by atoms with van der Waals surface area (Å²) in [4.78, 5) is 16.2. The van der Waals surface area contributed by atoms with Crippen molar-refractivity contribution in [2.24, 2.45) is 4.99 Å². The van der Waals surface area contributed by atoms with Crippen LogP contribution in [0.15, 0.2) is 29.3 Å². The van der Waals surface area contributed by atoms with Gasteiger partial charge < -0.3 is 25.4 Å². The Hall–Kier alpha value is -2.44. The van der Waals surface area contributed by atoms with Crippen LogP contribution in [0.25, 0.3) is 0 Å². The Kier molecular flexibility index (Phi) is 9.97. The minimum Gasteiger partial charge on any atom is -0.493 e. The van der Waals surface area contributed by atoms with E-state index in [2.05, 4.69) is 20.9 Å². The molecule has 26 heavy (non-hydrogen) atoms. The third-order valence-electron chi connectivity index (χ3n) is 3.34. The van der Waals surface area contributed by atoms with Gasteiger partial charge >= 0.3 is 0 Å². The van der Waals surface area contributed by atoms with Crippen molar-refractivity contribution in [3.8, 4) is 11.5 Å². The van der Waals surface area contributed by atoms with Crippen LogP contribution < -0.4 is 25.4 Å². The molecule has 0 bridgehead atoms. The van der Waals surface area contributed by atoms with Gasteiger partial charge in [0.15, 0.2) is 17.5 Å². The second-order valence-corrected chi connectivity index (χ2v) is 6.20. The molecule has 7 nitrogen and oxygen atoms in total. The third kappa shape index (κ3) is 8.60. The SMILES string of the molecule is CCNC(=NCC(C)Oc1ccccc1OC)NCCC(=O)NC(C)C. The first-order valence-corrected chi connectivity index (χ1v) is 9.07. The van der Waals surface area contributed by atoms with Gasteiger partial charge in [0, 0.05) is 25.6 Å². The van der Waals surface area contributed by atoms with Gasteiger partial charge in [-0.15, -0.1) is 0 Å². The largest absolute Gasteiger partial charge is 0.493 e. The molecule has 1 rings (SSSR count). The van der Waals surface area contributed by atoms with Gasteiger partial charge in [0.2, 0.25) is 5.91 Å². The molecule has 1 aromatic carbocycles. The fourth-order valence-electron chi connectivity index (χ4n) is 2.22. The van der Waals surface area contributed by atoms with E-state index in [1.165, 1.54) is 0 Å². The van der Waals surface area contributed by atoms with E-state index in [0.29, 0.717) is 37.0 Å². The van der Waals surface area contributed by atoms with Crippen LogP contribution in [-0.2, 0) is 4.79 Å². The zero-order valence-corrected chi connectivity index (χ0v) is 16.5. The van der Waals surface area contributed by atoms with Crippen LogP contribution in [0.1, 0.15) is 34.1 Å². The first-order valence-electron chi connectivity index (χ1n) is 9.07. The maximum Gasteiger partial charge on any atom is 0.221 e. The molecule has 146 valence electrons. The van der Waals surface area contributed by atoms with E-state index < -0.39 is 0 Å². The number of carbonyl (C=O) groups is 1. The highest BCUT2D eigenvalue weighted by Gasteiger charge is 2.09. The van der Waals surface area contributed by atoms with Crippen molar-refractivity contribution in [1.29, 1.82) is 0 Å². The number of guanidine groups is 1. The lowest BCUT2D eigenvalue weighted by atomic mass is 10.3. The minimum absolute atomic E-state index is 0.0243. The Morgan fingerprint density at radius 2 is 1.85 bits per heavy atom. The average molecular weight is 364 g/mol. The molecule has 7 heteroatoms. The maximum absolute atomic E-state index is 11.7. The van der Waals surface area contributed by atoms with Crippen LogP contribution in [0.5, 0.6) is 11.5 Å². The monoisotopic (exact) mass is 364 g/mol. The van der Waals surface area contributed by atoms with E-state index in [4.69, 9.17) is 9.47 Å². The number of amides is 1. The molecule has 0 aliphatic rings. The number of carbonyl (C=O) groups excluding carboxylic acids is 1. The minimum atomic E-state index is -0.119. The fourth-order valence-corrected chi connectivity index (χ4v) is 2.22. The Bertz CT molecular complexity index is 576. The number of benzene rings is 1. The standard InChI is InChI=1S/C19H32N4O3/c1-6-20-19(21-12-11-18(24)23-14(2)3)22-13-15(4)26-17-10-8-7-9-16(17)25-5/h7-10,14-15H,6,11-13H2,1-5H3,(H,23,24)(H2,20,21,22). The number of methoxy groups -OCH3 is 1. The summed E-state index contributed by atoms with van der Waals surface area (Å²) in [5, 5.41) is 9.20. The predicted octanol–water partition coefficient (Wildman–Crippen LogP) is 1.93. The van der Waals surface area contributed by atoms with Gasteiger partial charge in [-0.25, -0.2) is 4.99 Å². The molecule has 0 radical (unpaired) electrons. The lowest BCUT2D eigenvalue weighted by molar-refractivity contribution is -0.121. The van der Waals surface area contributed by atoms with Crippen LogP contribution >= 0.6 is 0 Å². The summed E-state index contributed by atoms with van der Waals surface area (Å²) in [5.41, 5.74) is 0. The molecule has 0 aliphatic carbocycles. The molecule has 1 atom stereocenters. The van der Waals surface area contributed by atoms with Gasteiger partial charge in [-0.1, -0.05) is 12.1 Å². The molecule has 0 aromatic heterocycles. The second-order valence-electron chi connectivity index (χ2n) is 6.20. The molecule has 1 amide bonds. The second kappa shape index (κ2) is 12.0. The van der Waals surface area contributed by atoms with Crippen molar-refractivity contribution in [3.05, 3.63) is 24.3 Å². The molecule has 3 N–H and O–H groups in total. The number of nitrogens with zero attached hydrogens (tertiary/aromatic N) is 1. The van der Waals surface area contributed by atoms with E-state index in [0.717, 1.165) is 6.54 Å². The topological polar surface area (TPSA) is 84.0 Å². The summed E-state index contributed by atoms with van der Waals surface area (Å²) in [6, 6.07) is 7.69. The summed E-state index contributed by atoms with van der Waals surface area (Å²) in [6.45, 7) is 9.58. The van der Waals surface area contributed by atoms with Gasteiger partial charge in [-0.3, -0.25) is 4.79 Å². The zero-order chi connectivity index (χ0) is 19.4. The summed E-state index contributed by atoms with van der Waals surface area (Å²) in [6.07, 6.45) is 0.279. The zero-order valence-electron chi connectivity index (χ0n) is 16.5. The Balaban J connectivity index is 2.50. The molecular formula is C19H32N4O3. The molecule has 0 saturated heterocycles. The summed E-state index contributed by atoms with van der Waals surface area (Å²) in [7, 11) is 1.62. The van der Waals surface area contributed by atoms with Gasteiger partial charge in [0.05, 0.1) is 13.7 Å². The molecule has 1 aromatic rings. The molecular weight excluding hydrogens is 332 g/mol. The highest BCUT2D eigenvalue weighted by molar-refractivity contribution is 5.81. The molecule has 0 saturated carbocycles. The maximum atomic E-state index is 11.7. The van der Waals surface area contributed by atoms with Crippen LogP contribution in [0, 0.1) is 0 Å². The van der Waals surface area contributed by atoms with Crippen molar-refractivity contribution >= 4 is 11.9 Å². The Morgan fingerprint density at radius 1 is 1.15 bits per heavy atom. The number of aliphatic imine (C=N–C) groups is 1. The van der Waals surface area contributed by atoms with E-state index >= 15 is 0 Å². The lowest BCUT2D eigenvalue weighted by Crippen LogP contribution is -2.40. The van der Waals surface area contributed by atoms with E-state index in [1.54, 1.807) is 7.11 Å². The number of rotatable bonds is 10. The molecule has 0 fully saturated rings. The smallest absolute Gasteiger partial charge is 0.221 e. The van der Waals surface area contributed by atoms with Crippen molar-refractivity contribution in [3.63, 3.8) is 0 Å². The Labute approximate surface area is 156 Å². The Morgan fingerprint density at radius 3 is 2.46 bits per heavy atom. The highest BCUT2D eigenvalue weighted by Crippen LogP contribution is 2.26. The van der Waals surface area contributed by atoms with E-state index in [9.17, 15) is 4.79 Å². The summed E-state index contributed by atoms with van der Waals surface area (Å²) < 4.78 is 11.2. The van der Waals surface area contributed by atoms with Crippen molar-refractivity contribution in [2.75, 3.05) is 26.7 Å². The first-order chi connectivity index (χ1) is 12.5. The lowest BCUT2D eigenvalue weighted by Gasteiger charge is -2.17. The first kappa shape index (κ1) is 21.6. The number of nitrogens with one attached hydrogen (secondary N) is 3. The molecule has 1 unspecified atom stereocenters. The van der Waals surface area contributed by atoms with Gasteiger partial charge in [0.25, 0.3) is 0 Å². The van der Waals surface area contributed by atoms with Crippen molar-refractivity contribution in [2.45, 2.75) is 46.3 Å². The predicted molar refractivity (Wildman–Crippen MR) is 105 cm³/mol. The number of ether oxygens (including phenoxy) is 2. The van der Waals surface area contributed by atoms with Gasteiger partial charge in [0.1, 0.15) is 6.10 Å². The van der Waals surface area contributed by atoms with Crippen molar-refractivity contribution in [1.82, 2.24) is 16.0 Å². The third-order valence-corrected chi connectivity index (χ3v) is 3.34. The van der Waals surface area contributed by atoms with Crippen LogP contribution in [0.2, 0.25) is 0 Å². The summed E-state index contributed by atoms with van der Waals surface area (Å²) in [5.74, 6) is 2.09. The normalized spacial score (nSPS) is 12.5. The molecule has 0 heterocycles. The summed E-state index contributed by atoms with van der Waals surface area (Å²) >= 11 is 0.